The fraction of sp³-hybridized carbons (Fsp3) is 0.462. The number of likely N-dealkylation sites (N-methyl/N-ethyl adjacent to an activating group) is 1. The third-order valence-electron chi connectivity index (χ3n) is 3.66. The van der Waals surface area contributed by atoms with Gasteiger partial charge in [0.05, 0.1) is 0 Å². The SMILES string of the molecule is CN([C@@H]1CCCNC1)S(=O)(=O)c1nc2ccccc2o1. The Kier molecular flexibility index (Phi) is 3.49. The molecule has 0 amide bonds. The van der Waals surface area contributed by atoms with Crippen molar-refractivity contribution in [3.05, 3.63) is 24.3 Å². The third-order valence-corrected chi connectivity index (χ3v) is 5.33. The van der Waals surface area contributed by atoms with Crippen LogP contribution in [0.3, 0.4) is 0 Å². The first-order valence-corrected chi connectivity index (χ1v) is 8.07. The van der Waals surface area contributed by atoms with Gasteiger partial charge in [-0.15, -0.1) is 0 Å². The molecule has 1 aliphatic heterocycles. The Morgan fingerprint density at radius 1 is 1.40 bits per heavy atom. The van der Waals surface area contributed by atoms with E-state index in [0.29, 0.717) is 17.6 Å². The maximum absolute atomic E-state index is 12.5. The minimum Gasteiger partial charge on any atom is -0.427 e. The van der Waals surface area contributed by atoms with E-state index >= 15 is 0 Å². The smallest absolute Gasteiger partial charge is 0.332 e. The molecule has 2 aromatic rings. The number of oxazole rings is 1. The third kappa shape index (κ3) is 2.32. The highest BCUT2D eigenvalue weighted by atomic mass is 32.2. The van der Waals surface area contributed by atoms with E-state index < -0.39 is 10.0 Å². The summed E-state index contributed by atoms with van der Waals surface area (Å²) in [6.45, 7) is 1.60. The molecule has 0 aliphatic carbocycles. The van der Waals surface area contributed by atoms with Crippen LogP contribution in [0.2, 0.25) is 0 Å². The van der Waals surface area contributed by atoms with E-state index in [1.165, 1.54) is 4.31 Å². The van der Waals surface area contributed by atoms with Gasteiger partial charge in [0.15, 0.2) is 5.58 Å². The van der Waals surface area contributed by atoms with Gasteiger partial charge in [0, 0.05) is 19.6 Å². The number of hydrogen-bond acceptors (Lipinski definition) is 5. The molecule has 108 valence electrons. The molecule has 1 aromatic heterocycles. The zero-order valence-corrected chi connectivity index (χ0v) is 12.1. The van der Waals surface area contributed by atoms with Crippen molar-refractivity contribution in [2.24, 2.45) is 0 Å². The van der Waals surface area contributed by atoms with Crippen molar-refractivity contribution in [3.63, 3.8) is 0 Å². The highest BCUT2D eigenvalue weighted by molar-refractivity contribution is 7.88. The molecule has 3 rings (SSSR count). The summed E-state index contributed by atoms with van der Waals surface area (Å²) in [5, 5.41) is 2.98. The van der Waals surface area contributed by atoms with Crippen LogP contribution in [0.5, 0.6) is 0 Å². The van der Waals surface area contributed by atoms with Crippen LogP contribution in [0, 0.1) is 0 Å². The molecule has 1 aromatic carbocycles. The summed E-state index contributed by atoms with van der Waals surface area (Å²) < 4.78 is 31.8. The van der Waals surface area contributed by atoms with E-state index in [9.17, 15) is 8.42 Å². The summed E-state index contributed by atoms with van der Waals surface area (Å²) in [7, 11) is -2.10. The van der Waals surface area contributed by atoms with E-state index in [1.54, 1.807) is 31.3 Å². The molecule has 1 aliphatic rings. The number of benzene rings is 1. The normalized spacial score (nSPS) is 20.6. The molecule has 20 heavy (non-hydrogen) atoms. The molecule has 0 radical (unpaired) electrons. The molecular weight excluding hydrogens is 278 g/mol. The molecule has 1 atom stereocenters. The highest BCUT2D eigenvalue weighted by Crippen LogP contribution is 2.23. The Morgan fingerprint density at radius 2 is 2.20 bits per heavy atom. The zero-order valence-electron chi connectivity index (χ0n) is 11.2. The van der Waals surface area contributed by atoms with E-state index in [4.69, 9.17) is 4.42 Å². The molecule has 1 fully saturated rings. The van der Waals surface area contributed by atoms with Gasteiger partial charge >= 0.3 is 5.22 Å². The lowest BCUT2D eigenvalue weighted by Crippen LogP contribution is -2.46. The lowest BCUT2D eigenvalue weighted by Gasteiger charge is -2.29. The summed E-state index contributed by atoms with van der Waals surface area (Å²) in [4.78, 5) is 4.08. The number of aromatic nitrogens is 1. The number of fused-ring (bicyclic) bond motifs is 1. The predicted octanol–water partition coefficient (Wildman–Crippen LogP) is 1.20. The zero-order chi connectivity index (χ0) is 14.2. The van der Waals surface area contributed by atoms with Gasteiger partial charge < -0.3 is 9.73 Å². The average Bonchev–Trinajstić information content (AvgIpc) is 2.92. The van der Waals surface area contributed by atoms with Crippen molar-refractivity contribution in [2.45, 2.75) is 24.1 Å². The molecule has 1 saturated heterocycles. The molecule has 6 nitrogen and oxygen atoms in total. The van der Waals surface area contributed by atoms with Gasteiger partial charge in [-0.2, -0.15) is 9.29 Å². The van der Waals surface area contributed by atoms with Crippen molar-refractivity contribution in [3.8, 4) is 0 Å². The van der Waals surface area contributed by atoms with E-state index in [2.05, 4.69) is 10.3 Å². The molecule has 0 spiro atoms. The van der Waals surface area contributed by atoms with Crippen LogP contribution in [-0.2, 0) is 10.0 Å². The van der Waals surface area contributed by atoms with Crippen LogP contribution in [-0.4, -0.2) is 43.9 Å². The number of rotatable bonds is 3. The topological polar surface area (TPSA) is 75.4 Å². The maximum atomic E-state index is 12.5. The van der Waals surface area contributed by atoms with Gasteiger partial charge in [-0.05, 0) is 31.5 Å². The predicted molar refractivity (Wildman–Crippen MR) is 74.8 cm³/mol. The maximum Gasteiger partial charge on any atom is 0.332 e. The fourth-order valence-corrected chi connectivity index (χ4v) is 3.65. The molecule has 0 bridgehead atoms. The van der Waals surface area contributed by atoms with Crippen molar-refractivity contribution in [1.29, 1.82) is 0 Å². The number of nitrogens with one attached hydrogen (secondary N) is 1. The van der Waals surface area contributed by atoms with Crippen LogP contribution >= 0.6 is 0 Å². The first kappa shape index (κ1) is 13.5. The number of piperidine rings is 1. The van der Waals surface area contributed by atoms with E-state index in [0.717, 1.165) is 19.4 Å². The highest BCUT2D eigenvalue weighted by Gasteiger charge is 2.32. The number of para-hydroxylation sites is 2. The van der Waals surface area contributed by atoms with Gasteiger partial charge in [0.25, 0.3) is 10.0 Å². The quantitative estimate of drug-likeness (QED) is 0.921. The molecule has 2 heterocycles. The van der Waals surface area contributed by atoms with Gasteiger partial charge in [-0.1, -0.05) is 12.1 Å². The second kappa shape index (κ2) is 5.16. The van der Waals surface area contributed by atoms with E-state index in [1.807, 2.05) is 0 Å². The van der Waals surface area contributed by atoms with Crippen LogP contribution in [0.15, 0.2) is 33.9 Å². The monoisotopic (exact) mass is 295 g/mol. The van der Waals surface area contributed by atoms with Gasteiger partial charge in [0.1, 0.15) is 5.52 Å². The molecule has 7 heteroatoms. The average molecular weight is 295 g/mol. The Bertz CT molecular complexity index is 671. The number of hydrogen-bond donors (Lipinski definition) is 1. The lowest BCUT2D eigenvalue weighted by atomic mass is 10.1. The first-order chi connectivity index (χ1) is 9.59. The van der Waals surface area contributed by atoms with E-state index in [-0.39, 0.29) is 11.3 Å². The molecular formula is C13H17N3O3S. The fourth-order valence-electron chi connectivity index (χ4n) is 2.42. The van der Waals surface area contributed by atoms with Crippen molar-refractivity contribution >= 4 is 21.1 Å². The Balaban J connectivity index is 1.93. The second-order valence-electron chi connectivity index (χ2n) is 4.97. The Morgan fingerprint density at radius 3 is 2.90 bits per heavy atom. The summed E-state index contributed by atoms with van der Waals surface area (Å²) in [6, 6.07) is 6.99. The van der Waals surface area contributed by atoms with Crippen LogP contribution < -0.4 is 5.32 Å². The van der Waals surface area contributed by atoms with Crippen molar-refractivity contribution in [2.75, 3.05) is 20.1 Å². The van der Waals surface area contributed by atoms with Crippen LogP contribution in [0.1, 0.15) is 12.8 Å². The summed E-state index contributed by atoms with van der Waals surface area (Å²) >= 11 is 0. The Hall–Kier alpha value is -1.44. The summed E-state index contributed by atoms with van der Waals surface area (Å²) in [5.41, 5.74) is 1.04. The first-order valence-electron chi connectivity index (χ1n) is 6.63. The van der Waals surface area contributed by atoms with Crippen molar-refractivity contribution < 1.29 is 12.8 Å². The minimum absolute atomic E-state index is 0.0521. The van der Waals surface area contributed by atoms with Crippen LogP contribution in [0.4, 0.5) is 0 Å². The van der Waals surface area contributed by atoms with Crippen molar-refractivity contribution in [1.82, 2.24) is 14.6 Å². The molecule has 0 unspecified atom stereocenters. The van der Waals surface area contributed by atoms with Gasteiger partial charge in [-0.25, -0.2) is 8.42 Å². The standard InChI is InChI=1S/C13H17N3O3S/c1-16(10-5-4-8-14-9-10)20(17,18)13-15-11-6-2-3-7-12(11)19-13/h2-3,6-7,10,14H,4-5,8-9H2,1H3/t10-/m1/s1. The lowest BCUT2D eigenvalue weighted by molar-refractivity contribution is 0.291. The molecule has 1 N–H and O–H groups in total. The summed E-state index contributed by atoms with van der Waals surface area (Å²) in [5.74, 6) is 0. The minimum atomic E-state index is -3.68. The summed E-state index contributed by atoms with van der Waals surface area (Å²) in [6.07, 6.45) is 1.82. The van der Waals surface area contributed by atoms with Gasteiger partial charge in [-0.3, -0.25) is 0 Å². The second-order valence-corrected chi connectivity index (χ2v) is 6.84. The molecule has 0 saturated carbocycles. The number of sulfonamides is 1. The Labute approximate surface area is 117 Å². The van der Waals surface area contributed by atoms with Crippen LogP contribution in [0.25, 0.3) is 11.1 Å². The largest absolute Gasteiger partial charge is 0.427 e. The van der Waals surface area contributed by atoms with Gasteiger partial charge in [0.2, 0.25) is 0 Å². The number of nitrogens with zero attached hydrogens (tertiary/aromatic N) is 2.